The molecule has 0 spiro atoms. The van der Waals surface area contributed by atoms with Crippen molar-refractivity contribution in [1.82, 2.24) is 10.3 Å². The van der Waals surface area contributed by atoms with E-state index in [1.165, 1.54) is 6.42 Å². The first-order chi connectivity index (χ1) is 9.08. The summed E-state index contributed by atoms with van der Waals surface area (Å²) in [7, 11) is 0. The van der Waals surface area contributed by atoms with Crippen LogP contribution in [0.1, 0.15) is 48.9 Å². The number of carbonyl (C=O) groups excluding carboxylic acids is 1. The van der Waals surface area contributed by atoms with Gasteiger partial charge in [-0.15, -0.1) is 0 Å². The molecule has 1 aromatic heterocycles. The topological polar surface area (TPSA) is 62.0 Å². The molecular formula is C15H22N2O2. The van der Waals surface area contributed by atoms with Gasteiger partial charge >= 0.3 is 0 Å². The first kappa shape index (κ1) is 13.8. The number of aryl methyl sites for hydroxylation is 2. The van der Waals surface area contributed by atoms with Crippen molar-refractivity contribution in [1.29, 1.82) is 0 Å². The van der Waals surface area contributed by atoms with Crippen LogP contribution in [0.4, 0.5) is 0 Å². The second kappa shape index (κ2) is 6.04. The molecule has 1 amide bonds. The fourth-order valence-electron chi connectivity index (χ4n) is 2.79. The van der Waals surface area contributed by atoms with Crippen molar-refractivity contribution in [3.8, 4) is 0 Å². The minimum absolute atomic E-state index is 0.0959. The number of amides is 1. The minimum atomic E-state index is -0.0959. The van der Waals surface area contributed by atoms with Crippen LogP contribution in [-0.4, -0.2) is 10.9 Å². The first-order valence-corrected chi connectivity index (χ1v) is 7.05. The average Bonchev–Trinajstić information content (AvgIpc) is 2.38. The molecule has 1 aliphatic carbocycles. The number of H-pyrrole nitrogens is 1. The molecule has 19 heavy (non-hydrogen) atoms. The summed E-state index contributed by atoms with van der Waals surface area (Å²) < 4.78 is 0. The van der Waals surface area contributed by atoms with Crippen LogP contribution >= 0.6 is 0 Å². The van der Waals surface area contributed by atoms with Crippen molar-refractivity contribution in [2.24, 2.45) is 5.92 Å². The lowest BCUT2D eigenvalue weighted by Crippen LogP contribution is -2.33. The van der Waals surface area contributed by atoms with Gasteiger partial charge in [0.2, 0.25) is 5.91 Å². The van der Waals surface area contributed by atoms with E-state index in [0.29, 0.717) is 12.1 Å². The van der Waals surface area contributed by atoms with Gasteiger partial charge in [0.05, 0.1) is 0 Å². The summed E-state index contributed by atoms with van der Waals surface area (Å²) in [4.78, 5) is 26.7. The Morgan fingerprint density at radius 2 is 2.00 bits per heavy atom. The molecule has 1 saturated carbocycles. The molecule has 2 rings (SSSR count). The summed E-state index contributed by atoms with van der Waals surface area (Å²) in [5.41, 5.74) is 2.35. The summed E-state index contributed by atoms with van der Waals surface area (Å²) in [6, 6.07) is 1.93. The maximum Gasteiger partial charge on any atom is 0.253 e. The van der Waals surface area contributed by atoms with Crippen LogP contribution in [0.15, 0.2) is 10.9 Å². The molecule has 1 fully saturated rings. The maximum atomic E-state index is 12.0. The van der Waals surface area contributed by atoms with Gasteiger partial charge < -0.3 is 10.3 Å². The molecule has 0 bridgehead atoms. The van der Waals surface area contributed by atoms with E-state index in [1.54, 1.807) is 0 Å². The Labute approximate surface area is 113 Å². The maximum absolute atomic E-state index is 12.0. The van der Waals surface area contributed by atoms with Crippen LogP contribution in [0.2, 0.25) is 0 Å². The van der Waals surface area contributed by atoms with E-state index >= 15 is 0 Å². The lowest BCUT2D eigenvalue weighted by Gasteiger charge is -2.20. The number of hydrogen-bond donors (Lipinski definition) is 2. The summed E-state index contributed by atoms with van der Waals surface area (Å²) in [6.45, 7) is 4.10. The Morgan fingerprint density at radius 3 is 2.63 bits per heavy atom. The zero-order valence-corrected chi connectivity index (χ0v) is 11.7. The molecule has 1 aromatic rings. The van der Waals surface area contributed by atoms with Gasteiger partial charge in [-0.05, 0) is 38.3 Å². The minimum Gasteiger partial charge on any atom is -0.352 e. The quantitative estimate of drug-likeness (QED) is 0.877. The van der Waals surface area contributed by atoms with Crippen molar-refractivity contribution < 1.29 is 4.79 Å². The number of aromatic nitrogens is 1. The Bertz CT molecular complexity index is 513. The molecule has 1 aliphatic rings. The van der Waals surface area contributed by atoms with Crippen molar-refractivity contribution in [2.45, 2.75) is 52.5 Å². The van der Waals surface area contributed by atoms with Gasteiger partial charge in [-0.2, -0.15) is 0 Å². The van der Waals surface area contributed by atoms with E-state index < -0.39 is 0 Å². The average molecular weight is 262 g/mol. The molecule has 4 heteroatoms. The molecule has 104 valence electrons. The highest BCUT2D eigenvalue weighted by molar-refractivity contribution is 5.78. The van der Waals surface area contributed by atoms with Gasteiger partial charge in [0, 0.05) is 23.7 Å². The number of aromatic amines is 1. The van der Waals surface area contributed by atoms with E-state index in [4.69, 9.17) is 0 Å². The number of carbonyl (C=O) groups is 1. The smallest absolute Gasteiger partial charge is 0.253 e. The number of hydrogen-bond acceptors (Lipinski definition) is 2. The molecule has 0 saturated heterocycles. The van der Waals surface area contributed by atoms with Crippen LogP contribution in [0.3, 0.4) is 0 Å². The van der Waals surface area contributed by atoms with Gasteiger partial charge in [0.15, 0.2) is 0 Å². The predicted octanol–water partition coefficient (Wildman–Crippen LogP) is 2.19. The van der Waals surface area contributed by atoms with Crippen molar-refractivity contribution in [3.63, 3.8) is 0 Å². The number of pyridine rings is 1. The zero-order chi connectivity index (χ0) is 13.8. The van der Waals surface area contributed by atoms with Crippen LogP contribution in [0.25, 0.3) is 0 Å². The van der Waals surface area contributed by atoms with Crippen LogP contribution < -0.4 is 10.9 Å². The lowest BCUT2D eigenvalue weighted by molar-refractivity contribution is -0.126. The van der Waals surface area contributed by atoms with Crippen LogP contribution in [0.5, 0.6) is 0 Å². The molecule has 2 N–H and O–H groups in total. The zero-order valence-electron chi connectivity index (χ0n) is 11.7. The lowest BCUT2D eigenvalue weighted by atomic mass is 9.88. The number of rotatable bonds is 3. The molecule has 0 aromatic carbocycles. The molecular weight excluding hydrogens is 240 g/mol. The largest absolute Gasteiger partial charge is 0.352 e. The van der Waals surface area contributed by atoms with Crippen molar-refractivity contribution >= 4 is 5.91 Å². The summed E-state index contributed by atoms with van der Waals surface area (Å²) >= 11 is 0. The van der Waals surface area contributed by atoms with Gasteiger partial charge in [0.25, 0.3) is 5.56 Å². The third kappa shape index (κ3) is 3.46. The Balaban J connectivity index is 1.99. The van der Waals surface area contributed by atoms with Crippen molar-refractivity contribution in [3.05, 3.63) is 33.2 Å². The first-order valence-electron chi connectivity index (χ1n) is 7.05. The van der Waals surface area contributed by atoms with E-state index in [2.05, 4.69) is 10.3 Å². The van der Waals surface area contributed by atoms with Gasteiger partial charge in [-0.25, -0.2) is 0 Å². The SMILES string of the molecule is Cc1cc(C)c(CNC(=O)C2CCCCC2)c(=O)[nH]1. The summed E-state index contributed by atoms with van der Waals surface area (Å²) in [6.07, 6.45) is 5.48. The van der Waals surface area contributed by atoms with Gasteiger partial charge in [0.1, 0.15) is 0 Å². The highest BCUT2D eigenvalue weighted by atomic mass is 16.2. The highest BCUT2D eigenvalue weighted by Crippen LogP contribution is 2.23. The number of nitrogens with one attached hydrogen (secondary N) is 2. The third-order valence-electron chi connectivity index (χ3n) is 3.91. The second-order valence-electron chi connectivity index (χ2n) is 5.50. The van der Waals surface area contributed by atoms with Crippen molar-refractivity contribution in [2.75, 3.05) is 0 Å². The molecule has 0 aliphatic heterocycles. The second-order valence-corrected chi connectivity index (χ2v) is 5.50. The van der Waals surface area contributed by atoms with Gasteiger partial charge in [-0.3, -0.25) is 9.59 Å². The van der Waals surface area contributed by atoms with E-state index in [1.807, 2.05) is 19.9 Å². The summed E-state index contributed by atoms with van der Waals surface area (Å²) in [5, 5.41) is 2.91. The highest BCUT2D eigenvalue weighted by Gasteiger charge is 2.21. The van der Waals surface area contributed by atoms with E-state index in [0.717, 1.165) is 36.9 Å². The normalized spacial score (nSPS) is 16.3. The monoisotopic (exact) mass is 262 g/mol. The Kier molecular flexibility index (Phi) is 4.40. The van der Waals surface area contributed by atoms with E-state index in [-0.39, 0.29) is 17.4 Å². The van der Waals surface area contributed by atoms with Crippen LogP contribution in [-0.2, 0) is 11.3 Å². The molecule has 0 atom stereocenters. The molecule has 1 heterocycles. The summed E-state index contributed by atoms with van der Waals surface area (Å²) in [5.74, 6) is 0.234. The molecule has 4 nitrogen and oxygen atoms in total. The van der Waals surface area contributed by atoms with Gasteiger partial charge in [-0.1, -0.05) is 19.3 Å². The van der Waals surface area contributed by atoms with E-state index in [9.17, 15) is 9.59 Å². The predicted molar refractivity (Wildman–Crippen MR) is 75.0 cm³/mol. The third-order valence-corrected chi connectivity index (χ3v) is 3.91. The fourth-order valence-corrected chi connectivity index (χ4v) is 2.79. The Morgan fingerprint density at radius 1 is 1.32 bits per heavy atom. The molecule has 0 radical (unpaired) electrons. The van der Waals surface area contributed by atoms with Crippen LogP contribution in [0, 0.1) is 19.8 Å². The molecule has 0 unspecified atom stereocenters. The fraction of sp³-hybridized carbons (Fsp3) is 0.600. The standard InChI is InChI=1S/C15H22N2O2/c1-10-8-11(2)17-15(19)13(10)9-16-14(18)12-6-4-3-5-7-12/h8,12H,3-7,9H2,1-2H3,(H,16,18)(H,17,19). The Hall–Kier alpha value is -1.58.